The molecule has 0 radical (unpaired) electrons. The summed E-state index contributed by atoms with van der Waals surface area (Å²) in [7, 11) is 0. The first kappa shape index (κ1) is 16.3. The lowest BCUT2D eigenvalue weighted by atomic mass is 10.2. The number of amides is 2. The molecule has 2 N–H and O–H groups in total. The smallest absolute Gasteiger partial charge is 0.244 e. The molecule has 1 aromatic heterocycles. The van der Waals surface area contributed by atoms with E-state index in [4.69, 9.17) is 0 Å². The van der Waals surface area contributed by atoms with Crippen LogP contribution in [0.1, 0.15) is 5.56 Å². The average molecular weight is 317 g/mol. The van der Waals surface area contributed by atoms with Crippen molar-refractivity contribution in [3.8, 4) is 0 Å². The van der Waals surface area contributed by atoms with Gasteiger partial charge in [-0.1, -0.05) is 6.07 Å². The van der Waals surface area contributed by atoms with E-state index in [0.717, 1.165) is 24.3 Å². The highest BCUT2D eigenvalue weighted by molar-refractivity contribution is 5.97. The van der Waals surface area contributed by atoms with Crippen LogP contribution in [-0.2, 0) is 9.59 Å². The lowest BCUT2D eigenvalue weighted by molar-refractivity contribution is -0.121. The topological polar surface area (TPSA) is 71.1 Å². The number of rotatable bonds is 5. The molecule has 2 amide bonds. The third kappa shape index (κ3) is 4.99. The monoisotopic (exact) mass is 317 g/mol. The number of carbonyl (C=O) groups excluding carboxylic acids is 2. The van der Waals surface area contributed by atoms with Crippen molar-refractivity contribution in [1.82, 2.24) is 10.3 Å². The van der Waals surface area contributed by atoms with E-state index in [2.05, 4.69) is 15.6 Å². The van der Waals surface area contributed by atoms with Crippen molar-refractivity contribution < 1.29 is 18.4 Å². The van der Waals surface area contributed by atoms with Gasteiger partial charge in [0, 0.05) is 17.8 Å². The quantitative estimate of drug-likeness (QED) is 0.830. The zero-order valence-corrected chi connectivity index (χ0v) is 11.9. The molecule has 2 rings (SSSR count). The Bertz CT molecular complexity index is 713. The number of carbonyl (C=O) groups is 2. The summed E-state index contributed by atoms with van der Waals surface area (Å²) in [6, 6.07) is 6.70. The van der Waals surface area contributed by atoms with Gasteiger partial charge in [0.2, 0.25) is 11.8 Å². The molecule has 0 bridgehead atoms. The summed E-state index contributed by atoms with van der Waals surface area (Å²) in [6.07, 6.45) is 4.99. The van der Waals surface area contributed by atoms with Crippen LogP contribution in [0.4, 0.5) is 14.5 Å². The van der Waals surface area contributed by atoms with Crippen LogP contribution in [0.5, 0.6) is 0 Å². The molecule has 0 atom stereocenters. The van der Waals surface area contributed by atoms with Crippen LogP contribution in [0.25, 0.3) is 6.08 Å². The molecule has 0 saturated carbocycles. The molecule has 0 aliphatic carbocycles. The Hall–Kier alpha value is -3.09. The molecule has 1 aromatic carbocycles. The van der Waals surface area contributed by atoms with Crippen LogP contribution in [0.3, 0.4) is 0 Å². The lowest BCUT2D eigenvalue weighted by Gasteiger charge is -2.05. The lowest BCUT2D eigenvalue weighted by Crippen LogP contribution is -2.31. The van der Waals surface area contributed by atoms with Crippen molar-refractivity contribution in [2.45, 2.75) is 0 Å². The highest BCUT2D eigenvalue weighted by Crippen LogP contribution is 2.13. The molecule has 118 valence electrons. The SMILES string of the molecule is O=C(/C=C/c1c(F)cccc1F)NCC(=O)Nc1cccnc1. The standard InChI is InChI=1S/C16H13F2N3O2/c17-13-4-1-5-14(18)12(13)6-7-15(22)20-10-16(23)21-11-3-2-8-19-9-11/h1-9H,10H2,(H,20,22)(H,21,23)/b7-6+. The molecule has 0 spiro atoms. The number of nitrogens with zero attached hydrogens (tertiary/aromatic N) is 1. The Kier molecular flexibility index (Phi) is 5.51. The fourth-order valence-corrected chi connectivity index (χ4v) is 1.70. The van der Waals surface area contributed by atoms with Gasteiger partial charge in [0.15, 0.2) is 0 Å². The summed E-state index contributed by atoms with van der Waals surface area (Å²) in [5, 5.41) is 4.84. The molecule has 0 fully saturated rings. The van der Waals surface area contributed by atoms with Gasteiger partial charge in [-0.25, -0.2) is 8.78 Å². The number of aromatic nitrogens is 1. The second-order valence-electron chi connectivity index (χ2n) is 4.48. The second kappa shape index (κ2) is 7.79. The zero-order chi connectivity index (χ0) is 16.7. The van der Waals surface area contributed by atoms with Gasteiger partial charge >= 0.3 is 0 Å². The summed E-state index contributed by atoms with van der Waals surface area (Å²) in [5.74, 6) is -2.64. The van der Waals surface area contributed by atoms with Crippen molar-refractivity contribution in [2.24, 2.45) is 0 Å². The normalized spacial score (nSPS) is 10.5. The van der Waals surface area contributed by atoms with Crippen molar-refractivity contribution in [3.63, 3.8) is 0 Å². The predicted octanol–water partition coefficient (Wildman–Crippen LogP) is 2.13. The molecule has 0 aliphatic rings. The zero-order valence-electron chi connectivity index (χ0n) is 11.9. The number of hydrogen-bond donors (Lipinski definition) is 2. The Morgan fingerprint density at radius 2 is 1.87 bits per heavy atom. The number of hydrogen-bond acceptors (Lipinski definition) is 3. The number of pyridine rings is 1. The van der Waals surface area contributed by atoms with Crippen LogP contribution in [-0.4, -0.2) is 23.3 Å². The van der Waals surface area contributed by atoms with Crippen molar-refractivity contribution >= 4 is 23.6 Å². The van der Waals surface area contributed by atoms with E-state index < -0.39 is 23.4 Å². The van der Waals surface area contributed by atoms with E-state index in [-0.39, 0.29) is 12.1 Å². The molecule has 7 heteroatoms. The summed E-state index contributed by atoms with van der Waals surface area (Å²) in [6.45, 7) is -0.280. The van der Waals surface area contributed by atoms with Gasteiger partial charge in [0.05, 0.1) is 18.4 Å². The van der Waals surface area contributed by atoms with Crippen LogP contribution in [0, 0.1) is 11.6 Å². The second-order valence-corrected chi connectivity index (χ2v) is 4.48. The molecule has 2 aromatic rings. The summed E-state index contributed by atoms with van der Waals surface area (Å²) in [4.78, 5) is 27.0. The van der Waals surface area contributed by atoms with Gasteiger partial charge in [-0.3, -0.25) is 14.6 Å². The van der Waals surface area contributed by atoms with Crippen molar-refractivity contribution in [2.75, 3.05) is 11.9 Å². The highest BCUT2D eigenvalue weighted by Gasteiger charge is 2.06. The maximum atomic E-state index is 13.4. The fraction of sp³-hybridized carbons (Fsp3) is 0.0625. The predicted molar refractivity (Wildman–Crippen MR) is 81.3 cm³/mol. The molecule has 23 heavy (non-hydrogen) atoms. The Morgan fingerprint density at radius 1 is 1.13 bits per heavy atom. The molecule has 0 unspecified atom stereocenters. The van der Waals surface area contributed by atoms with Gasteiger partial charge in [0.1, 0.15) is 11.6 Å². The van der Waals surface area contributed by atoms with E-state index in [1.54, 1.807) is 18.3 Å². The average Bonchev–Trinajstić information content (AvgIpc) is 2.53. The van der Waals surface area contributed by atoms with Gasteiger partial charge in [-0.15, -0.1) is 0 Å². The molecule has 5 nitrogen and oxygen atoms in total. The number of halogens is 2. The van der Waals surface area contributed by atoms with E-state index in [0.29, 0.717) is 5.69 Å². The third-order valence-electron chi connectivity index (χ3n) is 2.77. The minimum Gasteiger partial charge on any atom is -0.343 e. The Morgan fingerprint density at radius 3 is 2.52 bits per heavy atom. The maximum Gasteiger partial charge on any atom is 0.244 e. The van der Waals surface area contributed by atoms with E-state index in [9.17, 15) is 18.4 Å². The highest BCUT2D eigenvalue weighted by atomic mass is 19.1. The summed E-state index contributed by atoms with van der Waals surface area (Å²) in [5.41, 5.74) is 0.179. The van der Waals surface area contributed by atoms with Crippen LogP contribution < -0.4 is 10.6 Å². The summed E-state index contributed by atoms with van der Waals surface area (Å²) >= 11 is 0. The largest absolute Gasteiger partial charge is 0.343 e. The summed E-state index contributed by atoms with van der Waals surface area (Å²) < 4.78 is 26.7. The van der Waals surface area contributed by atoms with E-state index in [1.807, 2.05) is 0 Å². The minimum atomic E-state index is -0.775. The molecular formula is C16H13F2N3O2. The Labute approximate surface area is 131 Å². The van der Waals surface area contributed by atoms with Gasteiger partial charge in [-0.05, 0) is 30.3 Å². The van der Waals surface area contributed by atoms with Crippen LogP contribution >= 0.6 is 0 Å². The van der Waals surface area contributed by atoms with Crippen molar-refractivity contribution in [3.05, 3.63) is 66.0 Å². The third-order valence-corrected chi connectivity index (χ3v) is 2.77. The van der Waals surface area contributed by atoms with Crippen LogP contribution in [0.2, 0.25) is 0 Å². The molecule has 0 aliphatic heterocycles. The van der Waals surface area contributed by atoms with Gasteiger partial charge in [0.25, 0.3) is 0 Å². The van der Waals surface area contributed by atoms with E-state index in [1.165, 1.54) is 12.3 Å². The molecular weight excluding hydrogens is 304 g/mol. The van der Waals surface area contributed by atoms with E-state index >= 15 is 0 Å². The first-order valence-electron chi connectivity index (χ1n) is 6.66. The number of nitrogens with one attached hydrogen (secondary N) is 2. The number of benzene rings is 1. The first-order valence-corrected chi connectivity index (χ1v) is 6.66. The fourth-order valence-electron chi connectivity index (χ4n) is 1.70. The molecule has 0 saturated heterocycles. The van der Waals surface area contributed by atoms with Crippen LogP contribution in [0.15, 0.2) is 48.8 Å². The van der Waals surface area contributed by atoms with Crippen molar-refractivity contribution in [1.29, 1.82) is 0 Å². The van der Waals surface area contributed by atoms with Gasteiger partial charge in [-0.2, -0.15) is 0 Å². The molecule has 1 heterocycles. The number of anilines is 1. The Balaban J connectivity index is 1.85. The first-order chi connectivity index (χ1) is 11.1. The maximum absolute atomic E-state index is 13.4. The minimum absolute atomic E-state index is 0.280. The van der Waals surface area contributed by atoms with Gasteiger partial charge < -0.3 is 10.6 Å².